The van der Waals surface area contributed by atoms with Crippen molar-refractivity contribution in [1.82, 2.24) is 19.5 Å². The van der Waals surface area contributed by atoms with Gasteiger partial charge in [-0.3, -0.25) is 5.10 Å². The Balaban J connectivity index is 2.00. The van der Waals surface area contributed by atoms with E-state index in [0.717, 1.165) is 6.07 Å². The van der Waals surface area contributed by atoms with Gasteiger partial charge in [0.1, 0.15) is 16.5 Å². The summed E-state index contributed by atoms with van der Waals surface area (Å²) in [6, 6.07) is 4.96. The SMILES string of the molecule is Cc1nc([C@H]2CCCN2S(=O)(=O)c2ccccc2F)n[nH]1. The standard InChI is InChI=1S/C13H15FN4O2S/c1-9-15-13(17-16-9)11-6-4-8-18(11)21(19,20)12-7-3-2-5-10(12)14/h2-3,5,7,11H,4,6,8H2,1H3,(H,15,16,17)/t11-/m1/s1. The molecular weight excluding hydrogens is 295 g/mol. The second-order valence-electron chi connectivity index (χ2n) is 4.98. The first-order chi connectivity index (χ1) is 10.00. The van der Waals surface area contributed by atoms with E-state index < -0.39 is 21.9 Å². The summed E-state index contributed by atoms with van der Waals surface area (Å²) >= 11 is 0. The average molecular weight is 310 g/mol. The van der Waals surface area contributed by atoms with Crippen LogP contribution in [0.5, 0.6) is 0 Å². The van der Waals surface area contributed by atoms with Crippen LogP contribution in [0.2, 0.25) is 0 Å². The number of aryl methyl sites for hydroxylation is 1. The highest BCUT2D eigenvalue weighted by Crippen LogP contribution is 2.35. The van der Waals surface area contributed by atoms with Crippen LogP contribution < -0.4 is 0 Å². The first-order valence-electron chi connectivity index (χ1n) is 6.65. The summed E-state index contributed by atoms with van der Waals surface area (Å²) in [6.45, 7) is 2.09. The molecule has 1 aliphatic heterocycles. The zero-order valence-electron chi connectivity index (χ0n) is 11.5. The lowest BCUT2D eigenvalue weighted by molar-refractivity contribution is 0.381. The fraction of sp³-hybridized carbons (Fsp3) is 0.385. The third kappa shape index (κ3) is 2.44. The van der Waals surface area contributed by atoms with Gasteiger partial charge in [-0.1, -0.05) is 12.1 Å². The second-order valence-corrected chi connectivity index (χ2v) is 6.84. The monoisotopic (exact) mass is 310 g/mol. The number of halogens is 1. The Morgan fingerprint density at radius 2 is 2.14 bits per heavy atom. The number of benzene rings is 1. The topological polar surface area (TPSA) is 79.0 Å². The van der Waals surface area contributed by atoms with E-state index in [0.29, 0.717) is 31.0 Å². The number of rotatable bonds is 3. The molecule has 2 heterocycles. The highest BCUT2D eigenvalue weighted by molar-refractivity contribution is 7.89. The molecule has 21 heavy (non-hydrogen) atoms. The molecule has 112 valence electrons. The van der Waals surface area contributed by atoms with Crippen molar-refractivity contribution in [2.45, 2.75) is 30.7 Å². The van der Waals surface area contributed by atoms with Gasteiger partial charge in [-0.25, -0.2) is 17.8 Å². The maximum atomic E-state index is 13.8. The predicted octanol–water partition coefficient (Wildman–Crippen LogP) is 1.78. The van der Waals surface area contributed by atoms with Crippen molar-refractivity contribution in [3.63, 3.8) is 0 Å². The lowest BCUT2D eigenvalue weighted by Crippen LogP contribution is -2.31. The molecule has 0 bridgehead atoms. The van der Waals surface area contributed by atoms with Gasteiger partial charge in [-0.2, -0.15) is 9.40 Å². The van der Waals surface area contributed by atoms with E-state index in [1.807, 2.05) is 0 Å². The molecule has 0 amide bonds. The number of hydrogen-bond acceptors (Lipinski definition) is 4. The summed E-state index contributed by atoms with van der Waals surface area (Å²) in [6.07, 6.45) is 1.33. The van der Waals surface area contributed by atoms with Gasteiger partial charge in [0.15, 0.2) is 5.82 Å². The molecule has 1 saturated heterocycles. The van der Waals surface area contributed by atoms with E-state index in [4.69, 9.17) is 0 Å². The molecule has 0 saturated carbocycles. The Bertz CT molecular complexity index is 759. The Hall–Kier alpha value is -1.80. The van der Waals surface area contributed by atoms with Gasteiger partial charge in [0.2, 0.25) is 10.0 Å². The van der Waals surface area contributed by atoms with Gasteiger partial charge >= 0.3 is 0 Å². The van der Waals surface area contributed by atoms with E-state index in [-0.39, 0.29) is 4.90 Å². The number of sulfonamides is 1. The maximum Gasteiger partial charge on any atom is 0.246 e. The summed E-state index contributed by atoms with van der Waals surface area (Å²) in [4.78, 5) is 3.90. The summed E-state index contributed by atoms with van der Waals surface area (Å²) in [5.74, 6) is 0.319. The van der Waals surface area contributed by atoms with Gasteiger partial charge in [-0.15, -0.1) is 0 Å². The van der Waals surface area contributed by atoms with Crippen LogP contribution in [0.1, 0.15) is 30.5 Å². The van der Waals surface area contributed by atoms with Crippen molar-refractivity contribution in [2.24, 2.45) is 0 Å². The number of aromatic nitrogens is 3. The smallest absolute Gasteiger partial charge is 0.246 e. The summed E-state index contributed by atoms with van der Waals surface area (Å²) in [7, 11) is -3.89. The number of aromatic amines is 1. The lowest BCUT2D eigenvalue weighted by Gasteiger charge is -2.22. The molecule has 2 aromatic rings. The molecule has 0 spiro atoms. The van der Waals surface area contributed by atoms with Crippen LogP contribution in [0.3, 0.4) is 0 Å². The fourth-order valence-electron chi connectivity index (χ4n) is 2.58. The minimum Gasteiger partial charge on any atom is -0.263 e. The molecule has 1 aliphatic rings. The molecular formula is C13H15FN4O2S. The van der Waals surface area contributed by atoms with Gasteiger partial charge in [0.05, 0.1) is 6.04 Å². The number of nitrogens with zero attached hydrogens (tertiary/aromatic N) is 3. The molecule has 1 aromatic heterocycles. The van der Waals surface area contributed by atoms with Crippen LogP contribution in [-0.2, 0) is 10.0 Å². The first kappa shape index (κ1) is 14.2. The van der Waals surface area contributed by atoms with E-state index in [9.17, 15) is 12.8 Å². The molecule has 8 heteroatoms. The molecule has 1 fully saturated rings. The van der Waals surface area contributed by atoms with Crippen molar-refractivity contribution >= 4 is 10.0 Å². The highest BCUT2D eigenvalue weighted by atomic mass is 32.2. The molecule has 1 atom stereocenters. The van der Waals surface area contributed by atoms with Crippen molar-refractivity contribution in [2.75, 3.05) is 6.54 Å². The predicted molar refractivity (Wildman–Crippen MR) is 73.4 cm³/mol. The van der Waals surface area contributed by atoms with Crippen LogP contribution in [0.4, 0.5) is 4.39 Å². The Labute approximate surface area is 122 Å². The zero-order valence-corrected chi connectivity index (χ0v) is 12.3. The highest BCUT2D eigenvalue weighted by Gasteiger charge is 2.39. The van der Waals surface area contributed by atoms with E-state index in [2.05, 4.69) is 15.2 Å². The molecule has 0 radical (unpaired) electrons. The number of H-pyrrole nitrogens is 1. The average Bonchev–Trinajstić information content (AvgIpc) is 3.07. The van der Waals surface area contributed by atoms with Crippen molar-refractivity contribution in [1.29, 1.82) is 0 Å². The van der Waals surface area contributed by atoms with Gasteiger partial charge in [-0.05, 0) is 31.9 Å². The fourth-order valence-corrected chi connectivity index (χ4v) is 4.30. The Morgan fingerprint density at radius 1 is 1.38 bits per heavy atom. The number of hydrogen-bond donors (Lipinski definition) is 1. The van der Waals surface area contributed by atoms with Crippen LogP contribution >= 0.6 is 0 Å². The molecule has 6 nitrogen and oxygen atoms in total. The van der Waals surface area contributed by atoms with Gasteiger partial charge in [0.25, 0.3) is 0 Å². The molecule has 0 aliphatic carbocycles. The molecule has 1 aromatic carbocycles. The summed E-state index contributed by atoms with van der Waals surface area (Å²) in [5, 5.41) is 6.75. The second kappa shape index (κ2) is 5.19. The van der Waals surface area contributed by atoms with Crippen LogP contribution in [0.15, 0.2) is 29.2 Å². The third-order valence-electron chi connectivity index (χ3n) is 3.54. The van der Waals surface area contributed by atoms with E-state index >= 15 is 0 Å². The normalized spacial score (nSPS) is 20.0. The molecule has 0 unspecified atom stereocenters. The molecule has 1 N–H and O–H groups in total. The quantitative estimate of drug-likeness (QED) is 0.937. The van der Waals surface area contributed by atoms with Gasteiger partial charge < -0.3 is 0 Å². The van der Waals surface area contributed by atoms with Crippen LogP contribution in [0.25, 0.3) is 0 Å². The first-order valence-corrected chi connectivity index (χ1v) is 8.09. The Kier molecular flexibility index (Phi) is 3.50. The van der Waals surface area contributed by atoms with Crippen LogP contribution in [-0.4, -0.2) is 34.4 Å². The summed E-state index contributed by atoms with van der Waals surface area (Å²) in [5.41, 5.74) is 0. The largest absolute Gasteiger partial charge is 0.263 e. The van der Waals surface area contributed by atoms with Gasteiger partial charge in [0, 0.05) is 6.54 Å². The van der Waals surface area contributed by atoms with Crippen molar-refractivity contribution in [3.8, 4) is 0 Å². The van der Waals surface area contributed by atoms with E-state index in [1.165, 1.54) is 22.5 Å². The lowest BCUT2D eigenvalue weighted by atomic mass is 10.2. The minimum absolute atomic E-state index is 0.302. The third-order valence-corrected chi connectivity index (χ3v) is 5.48. The van der Waals surface area contributed by atoms with Crippen molar-refractivity contribution < 1.29 is 12.8 Å². The maximum absolute atomic E-state index is 13.8. The minimum atomic E-state index is -3.89. The van der Waals surface area contributed by atoms with E-state index in [1.54, 1.807) is 6.92 Å². The Morgan fingerprint density at radius 3 is 2.81 bits per heavy atom. The van der Waals surface area contributed by atoms with Crippen LogP contribution in [0, 0.1) is 12.7 Å². The summed E-state index contributed by atoms with van der Waals surface area (Å²) < 4.78 is 40.4. The van der Waals surface area contributed by atoms with Crippen molar-refractivity contribution in [3.05, 3.63) is 41.7 Å². The molecule has 3 rings (SSSR count). The number of nitrogens with one attached hydrogen (secondary N) is 1. The zero-order chi connectivity index (χ0) is 15.0.